The van der Waals surface area contributed by atoms with Crippen LogP contribution in [0, 0.1) is 0 Å². The van der Waals surface area contributed by atoms with Crippen molar-refractivity contribution in [3.8, 4) is 10.7 Å². The molecule has 2 aromatic rings. The number of carbonyl (C=O) groups is 1. The molecule has 0 atom stereocenters. The number of hydrogen-bond donors (Lipinski definition) is 1. The van der Waals surface area contributed by atoms with Gasteiger partial charge in [-0.15, -0.1) is 11.3 Å². The topological polar surface area (TPSA) is 71.3 Å². The van der Waals surface area contributed by atoms with Gasteiger partial charge in [-0.05, 0) is 51.7 Å². The van der Waals surface area contributed by atoms with E-state index in [2.05, 4.69) is 27.3 Å². The number of rotatable bonds is 8. The van der Waals surface area contributed by atoms with Gasteiger partial charge in [-0.3, -0.25) is 9.69 Å². The fourth-order valence-electron chi connectivity index (χ4n) is 2.33. The summed E-state index contributed by atoms with van der Waals surface area (Å²) >= 11 is 1.60. The van der Waals surface area contributed by atoms with Crippen LogP contribution in [0.2, 0.25) is 0 Å². The van der Waals surface area contributed by atoms with Crippen molar-refractivity contribution in [1.82, 2.24) is 20.4 Å². The first kappa shape index (κ1) is 18.6. The number of carbonyl (C=O) groups excluding carboxylic acids is 1. The molecule has 0 saturated carbocycles. The summed E-state index contributed by atoms with van der Waals surface area (Å²) in [4.78, 5) is 19.6. The molecule has 0 radical (unpaired) electrons. The van der Waals surface area contributed by atoms with Gasteiger partial charge in [0.25, 0.3) is 0 Å². The fraction of sp³-hybridized carbons (Fsp3) is 0.588. The Balaban J connectivity index is 1.76. The minimum atomic E-state index is -0.196. The van der Waals surface area contributed by atoms with Crippen LogP contribution in [0.25, 0.3) is 10.7 Å². The van der Waals surface area contributed by atoms with Gasteiger partial charge < -0.3 is 9.84 Å². The number of aromatic nitrogens is 2. The summed E-state index contributed by atoms with van der Waals surface area (Å²) in [5.41, 5.74) is -0.196. The monoisotopic (exact) mass is 350 g/mol. The summed E-state index contributed by atoms with van der Waals surface area (Å²) in [6.07, 6.45) is 1.60. The van der Waals surface area contributed by atoms with E-state index < -0.39 is 0 Å². The second-order valence-corrected chi connectivity index (χ2v) is 7.71. The molecule has 0 aliphatic rings. The maximum absolute atomic E-state index is 12.0. The van der Waals surface area contributed by atoms with Crippen LogP contribution >= 0.6 is 11.3 Å². The molecule has 24 heavy (non-hydrogen) atoms. The normalized spacial score (nSPS) is 11.9. The average molecular weight is 350 g/mol. The molecule has 0 aromatic carbocycles. The minimum Gasteiger partial charge on any atom is -0.350 e. The lowest BCUT2D eigenvalue weighted by molar-refractivity contribution is -0.123. The van der Waals surface area contributed by atoms with Gasteiger partial charge in [-0.2, -0.15) is 4.98 Å². The van der Waals surface area contributed by atoms with Crippen LogP contribution < -0.4 is 5.32 Å². The summed E-state index contributed by atoms with van der Waals surface area (Å²) in [6, 6.07) is 3.95. The highest BCUT2D eigenvalue weighted by Gasteiger charge is 2.16. The van der Waals surface area contributed by atoms with Gasteiger partial charge in [0.2, 0.25) is 17.6 Å². The maximum Gasteiger partial charge on any atom is 0.234 e. The maximum atomic E-state index is 12.0. The number of thiophene rings is 1. The second-order valence-electron chi connectivity index (χ2n) is 6.76. The van der Waals surface area contributed by atoms with E-state index in [0.29, 0.717) is 18.3 Å². The molecule has 7 heteroatoms. The molecule has 2 rings (SSSR count). The van der Waals surface area contributed by atoms with Crippen molar-refractivity contribution in [2.45, 2.75) is 46.1 Å². The Morgan fingerprint density at radius 1 is 1.42 bits per heavy atom. The predicted octanol–water partition coefficient (Wildman–Crippen LogP) is 2.97. The van der Waals surface area contributed by atoms with Crippen LogP contribution in [0.4, 0.5) is 0 Å². The molecule has 2 heterocycles. The van der Waals surface area contributed by atoms with E-state index in [1.165, 1.54) is 0 Å². The molecule has 132 valence electrons. The van der Waals surface area contributed by atoms with Crippen molar-refractivity contribution in [1.29, 1.82) is 0 Å². The molecule has 2 aromatic heterocycles. The Morgan fingerprint density at radius 3 is 2.83 bits per heavy atom. The van der Waals surface area contributed by atoms with Gasteiger partial charge in [-0.25, -0.2) is 0 Å². The van der Waals surface area contributed by atoms with E-state index in [1.807, 2.05) is 38.3 Å². The van der Waals surface area contributed by atoms with Crippen LogP contribution in [0.5, 0.6) is 0 Å². The van der Waals surface area contributed by atoms with Crippen molar-refractivity contribution in [2.75, 3.05) is 19.6 Å². The van der Waals surface area contributed by atoms with Crippen molar-refractivity contribution >= 4 is 17.2 Å². The molecule has 0 fully saturated rings. The largest absolute Gasteiger partial charge is 0.350 e. The number of likely N-dealkylation sites (N-methyl/N-ethyl adjacent to an activating group) is 1. The van der Waals surface area contributed by atoms with Crippen LogP contribution in [0.15, 0.2) is 22.0 Å². The SMILES string of the molecule is CCN(CCCc1nc(-c2cccs2)no1)CC(=O)NC(C)(C)C. The Labute approximate surface area is 147 Å². The lowest BCUT2D eigenvalue weighted by Gasteiger charge is -2.24. The summed E-state index contributed by atoms with van der Waals surface area (Å²) in [5.74, 6) is 1.35. The van der Waals surface area contributed by atoms with Crippen LogP contribution in [0.3, 0.4) is 0 Å². The minimum absolute atomic E-state index is 0.0575. The third-order valence-corrected chi connectivity index (χ3v) is 4.27. The van der Waals surface area contributed by atoms with Crippen molar-refractivity contribution in [2.24, 2.45) is 0 Å². The van der Waals surface area contributed by atoms with Gasteiger partial charge in [-0.1, -0.05) is 18.1 Å². The highest BCUT2D eigenvalue weighted by Crippen LogP contribution is 2.21. The van der Waals surface area contributed by atoms with E-state index in [0.717, 1.165) is 30.8 Å². The number of aryl methyl sites for hydroxylation is 1. The molecule has 1 N–H and O–H groups in total. The third kappa shape index (κ3) is 6.05. The number of hydrogen-bond acceptors (Lipinski definition) is 6. The Hall–Kier alpha value is -1.73. The zero-order valence-electron chi connectivity index (χ0n) is 14.8. The van der Waals surface area contributed by atoms with Crippen LogP contribution in [-0.4, -0.2) is 46.1 Å². The van der Waals surface area contributed by atoms with E-state index in [9.17, 15) is 4.79 Å². The summed E-state index contributed by atoms with van der Waals surface area (Å²) in [5, 5.41) is 9.00. The van der Waals surface area contributed by atoms with Gasteiger partial charge in [0.1, 0.15) is 0 Å². The van der Waals surface area contributed by atoms with Crippen LogP contribution in [-0.2, 0) is 11.2 Å². The molecule has 0 aliphatic carbocycles. The average Bonchev–Trinajstić information content (AvgIpc) is 3.15. The summed E-state index contributed by atoms with van der Waals surface area (Å²) in [7, 11) is 0. The van der Waals surface area contributed by atoms with Gasteiger partial charge >= 0.3 is 0 Å². The fourth-order valence-corrected chi connectivity index (χ4v) is 2.98. The molecule has 0 aliphatic heterocycles. The van der Waals surface area contributed by atoms with Crippen molar-refractivity contribution in [3.63, 3.8) is 0 Å². The number of nitrogens with zero attached hydrogens (tertiary/aromatic N) is 3. The van der Waals surface area contributed by atoms with Crippen molar-refractivity contribution < 1.29 is 9.32 Å². The number of nitrogens with one attached hydrogen (secondary N) is 1. The highest BCUT2D eigenvalue weighted by molar-refractivity contribution is 7.13. The first-order valence-electron chi connectivity index (χ1n) is 8.27. The first-order valence-corrected chi connectivity index (χ1v) is 9.15. The second kappa shape index (κ2) is 8.39. The Kier molecular flexibility index (Phi) is 6.51. The number of amides is 1. The van der Waals surface area contributed by atoms with Crippen molar-refractivity contribution in [3.05, 3.63) is 23.4 Å². The zero-order chi connectivity index (χ0) is 17.6. The molecular formula is C17H26N4O2S. The lowest BCUT2D eigenvalue weighted by Crippen LogP contribution is -2.46. The first-order chi connectivity index (χ1) is 11.4. The standard InChI is InChI=1S/C17H26N4O2S/c1-5-21(12-14(22)19-17(2,3)4)10-6-9-15-18-16(20-23-15)13-8-7-11-24-13/h7-8,11H,5-6,9-10,12H2,1-4H3,(H,19,22). The lowest BCUT2D eigenvalue weighted by atomic mass is 10.1. The predicted molar refractivity (Wildman–Crippen MR) is 95.9 cm³/mol. The molecule has 0 unspecified atom stereocenters. The Bertz CT molecular complexity index is 631. The highest BCUT2D eigenvalue weighted by atomic mass is 32.1. The van der Waals surface area contributed by atoms with E-state index >= 15 is 0 Å². The zero-order valence-corrected chi connectivity index (χ0v) is 15.7. The van der Waals surface area contributed by atoms with Crippen LogP contribution in [0.1, 0.15) is 40.0 Å². The Morgan fingerprint density at radius 2 is 2.21 bits per heavy atom. The van der Waals surface area contributed by atoms with Gasteiger partial charge in [0, 0.05) is 12.0 Å². The summed E-state index contributed by atoms with van der Waals surface area (Å²) < 4.78 is 5.30. The molecular weight excluding hydrogens is 324 g/mol. The van der Waals surface area contributed by atoms with E-state index in [-0.39, 0.29) is 11.4 Å². The third-order valence-electron chi connectivity index (χ3n) is 3.40. The molecule has 6 nitrogen and oxygen atoms in total. The molecule has 0 spiro atoms. The molecule has 1 amide bonds. The smallest absolute Gasteiger partial charge is 0.234 e. The summed E-state index contributed by atoms with van der Waals surface area (Å²) in [6.45, 7) is 10.1. The quantitative estimate of drug-likeness (QED) is 0.792. The molecule has 0 saturated heterocycles. The van der Waals surface area contributed by atoms with E-state index in [4.69, 9.17) is 4.52 Å². The van der Waals surface area contributed by atoms with Gasteiger partial charge in [0.05, 0.1) is 11.4 Å². The van der Waals surface area contributed by atoms with E-state index in [1.54, 1.807) is 11.3 Å². The van der Waals surface area contributed by atoms with Gasteiger partial charge in [0.15, 0.2) is 0 Å². The molecule has 0 bridgehead atoms.